The van der Waals surface area contributed by atoms with Crippen molar-refractivity contribution in [1.29, 1.82) is 0 Å². The van der Waals surface area contributed by atoms with Gasteiger partial charge < -0.3 is 5.32 Å². The average Bonchev–Trinajstić information content (AvgIpc) is 3.07. The van der Waals surface area contributed by atoms with Gasteiger partial charge in [-0.25, -0.2) is 9.97 Å². The lowest BCUT2D eigenvalue weighted by molar-refractivity contribution is -0.0444. The summed E-state index contributed by atoms with van der Waals surface area (Å²) in [5, 5.41) is 3.66. The molecule has 0 unspecified atom stereocenters. The highest BCUT2D eigenvalue weighted by Gasteiger charge is 2.50. The molecule has 4 aliphatic rings. The minimum Gasteiger partial charge on any atom is -0.369 e. The van der Waals surface area contributed by atoms with E-state index >= 15 is 0 Å². The standard InChI is InChI=1S/C19H24N4/c1-2-17(22-18(3-1)23-5-4-20-13-23)21-12-19-9-14-6-15(10-19)8-16(7-14)11-19/h1-5,13-16H,6-12H2,(H,21,22). The smallest absolute Gasteiger partial charge is 0.140 e. The van der Waals surface area contributed by atoms with Gasteiger partial charge in [0.2, 0.25) is 0 Å². The van der Waals surface area contributed by atoms with E-state index < -0.39 is 0 Å². The van der Waals surface area contributed by atoms with E-state index in [-0.39, 0.29) is 0 Å². The molecule has 0 atom stereocenters. The molecule has 0 aliphatic heterocycles. The van der Waals surface area contributed by atoms with E-state index in [0.717, 1.165) is 35.9 Å². The van der Waals surface area contributed by atoms with Crippen LogP contribution >= 0.6 is 0 Å². The monoisotopic (exact) mass is 308 g/mol. The maximum absolute atomic E-state index is 4.74. The molecule has 120 valence electrons. The van der Waals surface area contributed by atoms with E-state index in [4.69, 9.17) is 4.98 Å². The third-order valence-corrected chi connectivity index (χ3v) is 6.31. The van der Waals surface area contributed by atoms with Crippen LogP contribution in [0.2, 0.25) is 0 Å². The third-order valence-electron chi connectivity index (χ3n) is 6.31. The van der Waals surface area contributed by atoms with Crippen LogP contribution in [0.3, 0.4) is 0 Å². The van der Waals surface area contributed by atoms with Crippen LogP contribution in [0.15, 0.2) is 36.9 Å². The summed E-state index contributed by atoms with van der Waals surface area (Å²) >= 11 is 0. The average molecular weight is 308 g/mol. The van der Waals surface area contributed by atoms with Crippen LogP contribution in [-0.2, 0) is 0 Å². The Kier molecular flexibility index (Phi) is 3.00. The predicted octanol–water partition coefficient (Wildman–Crippen LogP) is 3.90. The molecule has 6 rings (SSSR count). The first-order valence-electron chi connectivity index (χ1n) is 8.97. The van der Waals surface area contributed by atoms with Gasteiger partial charge in [0.25, 0.3) is 0 Å². The number of imidazole rings is 1. The number of nitrogens with zero attached hydrogens (tertiary/aromatic N) is 3. The molecule has 1 N–H and O–H groups in total. The summed E-state index contributed by atoms with van der Waals surface area (Å²) in [6, 6.07) is 6.18. The Morgan fingerprint density at radius 2 is 1.83 bits per heavy atom. The SMILES string of the molecule is c1cc(NCC23CC4CC(CC(C4)C2)C3)nc(-n2ccnc2)c1. The van der Waals surface area contributed by atoms with Gasteiger partial charge in [-0.15, -0.1) is 0 Å². The van der Waals surface area contributed by atoms with E-state index in [2.05, 4.69) is 22.4 Å². The van der Waals surface area contributed by atoms with Crippen LogP contribution in [-0.4, -0.2) is 21.1 Å². The fourth-order valence-electron chi connectivity index (χ4n) is 5.84. The van der Waals surface area contributed by atoms with Gasteiger partial charge in [-0.05, 0) is 73.8 Å². The molecule has 4 fully saturated rings. The Morgan fingerprint density at radius 1 is 1.09 bits per heavy atom. The molecular weight excluding hydrogens is 284 g/mol. The normalized spacial score (nSPS) is 34.7. The van der Waals surface area contributed by atoms with Gasteiger partial charge in [-0.1, -0.05) is 6.07 Å². The number of nitrogens with one attached hydrogen (secondary N) is 1. The number of hydrogen-bond acceptors (Lipinski definition) is 3. The minimum atomic E-state index is 0.543. The highest BCUT2D eigenvalue weighted by atomic mass is 15.1. The first-order chi connectivity index (χ1) is 11.3. The van der Waals surface area contributed by atoms with Crippen molar-refractivity contribution in [3.05, 3.63) is 36.9 Å². The number of pyridine rings is 1. The van der Waals surface area contributed by atoms with Crippen molar-refractivity contribution in [3.8, 4) is 5.82 Å². The van der Waals surface area contributed by atoms with Crippen LogP contribution < -0.4 is 5.32 Å². The molecule has 2 aromatic heterocycles. The molecule has 0 saturated heterocycles. The number of rotatable bonds is 4. The van der Waals surface area contributed by atoms with E-state index in [1.54, 1.807) is 12.5 Å². The Labute approximate surface area is 137 Å². The van der Waals surface area contributed by atoms with Gasteiger partial charge in [-0.2, -0.15) is 0 Å². The maximum atomic E-state index is 4.74. The molecule has 2 aromatic rings. The zero-order chi connectivity index (χ0) is 15.3. The van der Waals surface area contributed by atoms with Crippen molar-refractivity contribution in [1.82, 2.24) is 14.5 Å². The van der Waals surface area contributed by atoms with Crippen LogP contribution in [0.4, 0.5) is 5.82 Å². The molecule has 2 heterocycles. The van der Waals surface area contributed by atoms with Crippen molar-refractivity contribution in [2.24, 2.45) is 23.2 Å². The van der Waals surface area contributed by atoms with E-state index in [1.807, 2.05) is 16.8 Å². The van der Waals surface area contributed by atoms with Crippen molar-refractivity contribution in [2.45, 2.75) is 38.5 Å². The maximum Gasteiger partial charge on any atom is 0.140 e. The Hall–Kier alpha value is -1.84. The molecule has 4 bridgehead atoms. The first-order valence-corrected chi connectivity index (χ1v) is 8.97. The van der Waals surface area contributed by atoms with Crippen LogP contribution in [0.25, 0.3) is 5.82 Å². The molecule has 0 radical (unpaired) electrons. The van der Waals surface area contributed by atoms with Crippen LogP contribution in [0.5, 0.6) is 0 Å². The molecule has 4 nitrogen and oxygen atoms in total. The second-order valence-electron chi connectivity index (χ2n) is 8.12. The Morgan fingerprint density at radius 3 is 2.48 bits per heavy atom. The quantitative estimate of drug-likeness (QED) is 0.931. The van der Waals surface area contributed by atoms with Crippen molar-refractivity contribution in [3.63, 3.8) is 0 Å². The number of aromatic nitrogens is 3. The fraction of sp³-hybridized carbons (Fsp3) is 0.579. The lowest BCUT2D eigenvalue weighted by atomic mass is 9.49. The lowest BCUT2D eigenvalue weighted by Gasteiger charge is -2.57. The van der Waals surface area contributed by atoms with Crippen molar-refractivity contribution >= 4 is 5.82 Å². The predicted molar refractivity (Wildman–Crippen MR) is 90.5 cm³/mol. The number of anilines is 1. The summed E-state index contributed by atoms with van der Waals surface area (Å²) < 4.78 is 1.95. The molecule has 23 heavy (non-hydrogen) atoms. The molecular formula is C19H24N4. The zero-order valence-electron chi connectivity index (χ0n) is 13.5. The topological polar surface area (TPSA) is 42.7 Å². The highest BCUT2D eigenvalue weighted by molar-refractivity contribution is 5.40. The summed E-state index contributed by atoms with van der Waals surface area (Å²) in [4.78, 5) is 8.85. The molecule has 4 heteroatoms. The molecule has 0 aromatic carbocycles. The molecule has 4 saturated carbocycles. The van der Waals surface area contributed by atoms with Gasteiger partial charge in [0.1, 0.15) is 18.0 Å². The summed E-state index contributed by atoms with van der Waals surface area (Å²) in [5.74, 6) is 4.94. The summed E-state index contributed by atoms with van der Waals surface area (Å²) in [6.07, 6.45) is 14.4. The fourth-order valence-corrected chi connectivity index (χ4v) is 5.84. The van der Waals surface area contributed by atoms with Crippen LogP contribution in [0.1, 0.15) is 38.5 Å². The molecule has 0 spiro atoms. The van der Waals surface area contributed by atoms with Crippen LogP contribution in [0, 0.1) is 23.2 Å². The second-order valence-corrected chi connectivity index (χ2v) is 8.12. The summed E-state index contributed by atoms with van der Waals surface area (Å²) in [6.45, 7) is 1.09. The summed E-state index contributed by atoms with van der Waals surface area (Å²) in [7, 11) is 0. The minimum absolute atomic E-state index is 0.543. The second kappa shape index (κ2) is 5.08. The van der Waals surface area contributed by atoms with E-state index in [9.17, 15) is 0 Å². The number of hydrogen-bond donors (Lipinski definition) is 1. The highest BCUT2D eigenvalue weighted by Crippen LogP contribution is 2.59. The van der Waals surface area contributed by atoms with Gasteiger partial charge in [0.05, 0.1) is 0 Å². The zero-order valence-corrected chi connectivity index (χ0v) is 13.5. The van der Waals surface area contributed by atoms with E-state index in [0.29, 0.717) is 5.41 Å². The largest absolute Gasteiger partial charge is 0.369 e. The summed E-state index contributed by atoms with van der Waals surface area (Å²) in [5.41, 5.74) is 0.543. The van der Waals surface area contributed by atoms with Gasteiger partial charge in [0.15, 0.2) is 0 Å². The third kappa shape index (κ3) is 2.44. The van der Waals surface area contributed by atoms with Gasteiger partial charge in [-0.3, -0.25) is 4.57 Å². The molecule has 4 aliphatic carbocycles. The molecule has 0 amide bonds. The van der Waals surface area contributed by atoms with Gasteiger partial charge in [0, 0.05) is 18.9 Å². The van der Waals surface area contributed by atoms with Gasteiger partial charge >= 0.3 is 0 Å². The Balaban J connectivity index is 1.32. The Bertz CT molecular complexity index is 656. The van der Waals surface area contributed by atoms with Crippen molar-refractivity contribution in [2.75, 3.05) is 11.9 Å². The first kappa shape index (κ1) is 13.6. The van der Waals surface area contributed by atoms with Crippen molar-refractivity contribution < 1.29 is 0 Å². The lowest BCUT2D eigenvalue weighted by Crippen LogP contribution is -2.49. The van der Waals surface area contributed by atoms with E-state index in [1.165, 1.54) is 38.5 Å².